The molecule has 0 amide bonds. The molecule has 0 fully saturated rings. The lowest BCUT2D eigenvalue weighted by atomic mass is 10.2. The van der Waals surface area contributed by atoms with Crippen LogP contribution in [-0.4, -0.2) is 15.1 Å². The molecule has 0 aliphatic rings. The van der Waals surface area contributed by atoms with Crippen molar-refractivity contribution in [1.29, 1.82) is 0 Å². The molecule has 4 heteroatoms. The lowest BCUT2D eigenvalue weighted by Gasteiger charge is -2.03. The SMILES string of the molecule is Cc1cc(C)nc(Sc2ccc(CO)cc2)n1. The second kappa shape index (κ2) is 5.29. The molecule has 0 bridgehead atoms. The van der Waals surface area contributed by atoms with Gasteiger partial charge in [0.15, 0.2) is 5.16 Å². The Labute approximate surface area is 105 Å². The van der Waals surface area contributed by atoms with Crippen LogP contribution in [-0.2, 0) is 6.61 Å². The summed E-state index contributed by atoms with van der Waals surface area (Å²) < 4.78 is 0. The molecule has 0 atom stereocenters. The summed E-state index contributed by atoms with van der Waals surface area (Å²) in [5.74, 6) is 0. The van der Waals surface area contributed by atoms with E-state index in [1.807, 2.05) is 44.2 Å². The van der Waals surface area contributed by atoms with Crippen molar-refractivity contribution in [3.05, 3.63) is 47.3 Å². The fourth-order valence-corrected chi connectivity index (χ4v) is 2.37. The van der Waals surface area contributed by atoms with Crippen molar-refractivity contribution in [2.24, 2.45) is 0 Å². The Balaban J connectivity index is 2.19. The summed E-state index contributed by atoms with van der Waals surface area (Å²) >= 11 is 1.53. The molecule has 0 aliphatic heterocycles. The predicted octanol–water partition coefficient (Wildman–Crippen LogP) is 2.74. The van der Waals surface area contributed by atoms with E-state index in [9.17, 15) is 0 Å². The van der Waals surface area contributed by atoms with Crippen LogP contribution in [0, 0.1) is 13.8 Å². The predicted molar refractivity (Wildman–Crippen MR) is 68.0 cm³/mol. The van der Waals surface area contributed by atoms with E-state index in [0.29, 0.717) is 0 Å². The Morgan fingerprint density at radius 2 is 1.65 bits per heavy atom. The van der Waals surface area contributed by atoms with Crippen molar-refractivity contribution in [1.82, 2.24) is 9.97 Å². The van der Waals surface area contributed by atoms with E-state index in [1.54, 1.807) is 0 Å². The lowest BCUT2D eigenvalue weighted by molar-refractivity contribution is 0.282. The van der Waals surface area contributed by atoms with Gasteiger partial charge in [0.1, 0.15) is 0 Å². The summed E-state index contributed by atoms with van der Waals surface area (Å²) in [6, 6.07) is 9.71. The van der Waals surface area contributed by atoms with E-state index >= 15 is 0 Å². The van der Waals surface area contributed by atoms with E-state index < -0.39 is 0 Å². The van der Waals surface area contributed by atoms with Gasteiger partial charge in [-0.1, -0.05) is 12.1 Å². The largest absolute Gasteiger partial charge is 0.392 e. The molecule has 0 saturated carbocycles. The summed E-state index contributed by atoms with van der Waals surface area (Å²) in [7, 11) is 0. The average molecular weight is 246 g/mol. The van der Waals surface area contributed by atoms with Crippen molar-refractivity contribution >= 4 is 11.8 Å². The zero-order valence-corrected chi connectivity index (χ0v) is 10.7. The van der Waals surface area contributed by atoms with Gasteiger partial charge >= 0.3 is 0 Å². The first-order valence-corrected chi connectivity index (χ1v) is 6.19. The molecule has 0 spiro atoms. The molecular weight excluding hydrogens is 232 g/mol. The van der Waals surface area contributed by atoms with Gasteiger partial charge in [0.25, 0.3) is 0 Å². The van der Waals surface area contributed by atoms with Gasteiger partial charge in [0.05, 0.1) is 6.61 Å². The number of nitrogens with zero attached hydrogens (tertiary/aromatic N) is 2. The number of hydrogen-bond acceptors (Lipinski definition) is 4. The van der Waals surface area contributed by atoms with E-state index in [1.165, 1.54) is 11.8 Å². The number of hydrogen-bond donors (Lipinski definition) is 1. The molecule has 1 aromatic heterocycles. The molecular formula is C13H14N2OS. The maximum absolute atomic E-state index is 8.96. The van der Waals surface area contributed by atoms with Crippen LogP contribution in [0.1, 0.15) is 17.0 Å². The summed E-state index contributed by atoms with van der Waals surface area (Å²) in [5, 5.41) is 9.72. The third-order valence-electron chi connectivity index (χ3n) is 2.28. The van der Waals surface area contributed by atoms with Crippen LogP contribution >= 0.6 is 11.8 Å². The zero-order chi connectivity index (χ0) is 12.3. The van der Waals surface area contributed by atoms with Crippen LogP contribution in [0.5, 0.6) is 0 Å². The lowest BCUT2D eigenvalue weighted by Crippen LogP contribution is -1.92. The van der Waals surface area contributed by atoms with Crippen molar-refractivity contribution in [2.75, 3.05) is 0 Å². The van der Waals surface area contributed by atoms with Crippen molar-refractivity contribution in [2.45, 2.75) is 30.5 Å². The first-order valence-electron chi connectivity index (χ1n) is 5.37. The highest BCUT2D eigenvalue weighted by molar-refractivity contribution is 7.99. The summed E-state index contributed by atoms with van der Waals surface area (Å²) in [5.41, 5.74) is 2.87. The molecule has 88 valence electrons. The average Bonchev–Trinajstić information content (AvgIpc) is 2.28. The van der Waals surface area contributed by atoms with Crippen molar-refractivity contribution in [3.63, 3.8) is 0 Å². The normalized spacial score (nSPS) is 10.5. The Morgan fingerprint density at radius 3 is 2.18 bits per heavy atom. The van der Waals surface area contributed by atoms with Gasteiger partial charge in [0.2, 0.25) is 0 Å². The Bertz CT molecular complexity index is 491. The van der Waals surface area contributed by atoms with Crippen molar-refractivity contribution < 1.29 is 5.11 Å². The van der Waals surface area contributed by atoms with Crippen LogP contribution in [0.25, 0.3) is 0 Å². The molecule has 0 radical (unpaired) electrons. The van der Waals surface area contributed by atoms with Gasteiger partial charge < -0.3 is 5.11 Å². The monoisotopic (exact) mass is 246 g/mol. The highest BCUT2D eigenvalue weighted by atomic mass is 32.2. The third-order valence-corrected chi connectivity index (χ3v) is 3.15. The van der Waals surface area contributed by atoms with Crippen molar-refractivity contribution in [3.8, 4) is 0 Å². The molecule has 3 nitrogen and oxygen atoms in total. The van der Waals surface area contributed by atoms with Crippen LogP contribution in [0.2, 0.25) is 0 Å². The number of aliphatic hydroxyl groups is 1. The van der Waals surface area contributed by atoms with Crippen LogP contribution in [0.4, 0.5) is 0 Å². The molecule has 0 aliphatic carbocycles. The Kier molecular flexibility index (Phi) is 3.76. The number of aliphatic hydroxyl groups excluding tert-OH is 1. The zero-order valence-electron chi connectivity index (χ0n) is 9.84. The van der Waals surface area contributed by atoms with E-state index in [-0.39, 0.29) is 6.61 Å². The second-order valence-electron chi connectivity index (χ2n) is 3.84. The molecule has 0 unspecified atom stereocenters. The molecule has 1 N–H and O–H groups in total. The van der Waals surface area contributed by atoms with Crippen LogP contribution in [0.3, 0.4) is 0 Å². The quantitative estimate of drug-likeness (QED) is 0.846. The highest BCUT2D eigenvalue weighted by Gasteiger charge is 2.02. The first-order chi connectivity index (χ1) is 8.17. The standard InChI is InChI=1S/C13H14N2OS/c1-9-7-10(2)15-13(14-9)17-12-5-3-11(8-16)4-6-12/h3-7,16H,8H2,1-2H3. The molecule has 17 heavy (non-hydrogen) atoms. The second-order valence-corrected chi connectivity index (χ2v) is 4.88. The topological polar surface area (TPSA) is 46.0 Å². The Hall–Kier alpha value is -1.39. The maximum atomic E-state index is 8.96. The van der Waals surface area contributed by atoms with E-state index in [4.69, 9.17) is 5.11 Å². The van der Waals surface area contributed by atoms with Crippen LogP contribution < -0.4 is 0 Å². The fraction of sp³-hybridized carbons (Fsp3) is 0.231. The van der Waals surface area contributed by atoms with Gasteiger partial charge in [-0.25, -0.2) is 9.97 Å². The molecule has 0 saturated heterocycles. The first kappa shape index (κ1) is 12.1. The minimum atomic E-state index is 0.0744. The molecule has 2 rings (SSSR count). The minimum absolute atomic E-state index is 0.0744. The minimum Gasteiger partial charge on any atom is -0.392 e. The van der Waals surface area contributed by atoms with Crippen LogP contribution in [0.15, 0.2) is 40.4 Å². The summed E-state index contributed by atoms with van der Waals surface area (Å²) in [4.78, 5) is 9.82. The summed E-state index contributed by atoms with van der Waals surface area (Å²) in [6.45, 7) is 4.01. The number of aromatic nitrogens is 2. The summed E-state index contributed by atoms with van der Waals surface area (Å²) in [6.07, 6.45) is 0. The number of benzene rings is 1. The maximum Gasteiger partial charge on any atom is 0.192 e. The van der Waals surface area contributed by atoms with E-state index in [0.717, 1.165) is 27.0 Å². The number of rotatable bonds is 3. The van der Waals surface area contributed by atoms with Gasteiger partial charge in [-0.15, -0.1) is 0 Å². The van der Waals surface area contributed by atoms with E-state index in [2.05, 4.69) is 9.97 Å². The van der Waals surface area contributed by atoms with Gasteiger partial charge in [-0.05, 0) is 49.4 Å². The molecule has 1 aromatic carbocycles. The van der Waals surface area contributed by atoms with Gasteiger partial charge in [-0.2, -0.15) is 0 Å². The fourth-order valence-electron chi connectivity index (χ4n) is 1.51. The molecule has 1 heterocycles. The molecule has 2 aromatic rings. The third kappa shape index (κ3) is 3.28. The van der Waals surface area contributed by atoms with Gasteiger partial charge in [-0.3, -0.25) is 0 Å². The number of aryl methyl sites for hydroxylation is 2. The highest BCUT2D eigenvalue weighted by Crippen LogP contribution is 2.25. The smallest absolute Gasteiger partial charge is 0.192 e. The van der Waals surface area contributed by atoms with Gasteiger partial charge in [0, 0.05) is 16.3 Å². The Morgan fingerprint density at radius 1 is 1.06 bits per heavy atom.